The molecule has 0 bridgehead atoms. The van der Waals surface area contributed by atoms with Crippen molar-refractivity contribution in [2.75, 3.05) is 0 Å². The van der Waals surface area contributed by atoms with E-state index in [0.717, 1.165) is 34.2 Å². The molecule has 8 heterocycles. The van der Waals surface area contributed by atoms with Gasteiger partial charge in [0.05, 0.1) is 0 Å². The van der Waals surface area contributed by atoms with Crippen molar-refractivity contribution < 1.29 is 152 Å². The van der Waals surface area contributed by atoms with Crippen molar-refractivity contribution in [1.29, 1.82) is 0 Å². The summed E-state index contributed by atoms with van der Waals surface area (Å²) in [5.41, 5.74) is 7.76. The number of carbonyl (C=O) groups is 1. The minimum absolute atomic E-state index is 0. The van der Waals surface area contributed by atoms with Crippen molar-refractivity contribution in [1.82, 2.24) is 65.3 Å². The molecule has 0 spiro atoms. The summed E-state index contributed by atoms with van der Waals surface area (Å²) in [4.78, 5) is 44.9. The molecule has 84 heavy (non-hydrogen) atoms. The zero-order chi connectivity index (χ0) is 58.9. The fraction of sp³-hybridized carbons (Fsp3) is 0.532. The van der Waals surface area contributed by atoms with Crippen LogP contribution < -0.4 is 0 Å². The summed E-state index contributed by atoms with van der Waals surface area (Å²) in [6, 6.07) is 11.3. The Bertz CT molecular complexity index is 2330. The van der Waals surface area contributed by atoms with Gasteiger partial charge in [0.25, 0.3) is 0 Å². The summed E-state index contributed by atoms with van der Waals surface area (Å²) >= 11 is 0. The van der Waals surface area contributed by atoms with Crippen LogP contribution in [-0.2, 0) is 190 Å². The van der Waals surface area contributed by atoms with E-state index in [1.54, 1.807) is 30.9 Å². The second-order valence-electron chi connectivity index (χ2n) is 26.3. The van der Waals surface area contributed by atoms with Crippen LogP contribution in [0.1, 0.15) is 206 Å². The molecule has 7 aromatic rings. The quantitative estimate of drug-likeness (QED) is 0.0959. The maximum absolute atomic E-state index is 10.6. The third-order valence-electron chi connectivity index (χ3n) is 10.6. The Balaban J connectivity index is -0.000000159. The first kappa shape index (κ1) is 95.5. The first-order chi connectivity index (χ1) is 35.2. The summed E-state index contributed by atoms with van der Waals surface area (Å²) in [5, 5.41) is 13.1. The molecule has 7 aromatic heterocycles. The molecule has 0 fully saturated rings. The first-order valence-electron chi connectivity index (χ1n) is 25.8. The molecule has 0 aromatic carbocycles. The number of hydrogen-bond donors (Lipinski definition) is 3. The van der Waals surface area contributed by atoms with Crippen LogP contribution in [0.4, 0.5) is 0 Å². The van der Waals surface area contributed by atoms with Gasteiger partial charge < -0.3 is 70.0 Å². The summed E-state index contributed by atoms with van der Waals surface area (Å²) in [5.74, 6) is 0.620. The summed E-state index contributed by atoms with van der Waals surface area (Å²) in [7, 11) is 0. The van der Waals surface area contributed by atoms with Gasteiger partial charge in [0.2, 0.25) is 0 Å². The molecule has 3 N–H and O–H groups in total. The minimum Gasteiger partial charge on any atom is -0.464 e. The van der Waals surface area contributed by atoms with Gasteiger partial charge in [-0.15, -0.1) is 59.9 Å². The van der Waals surface area contributed by atoms with Gasteiger partial charge in [-0.25, -0.2) is 4.79 Å². The average Bonchev–Trinajstić information content (AvgIpc) is 4.19. The van der Waals surface area contributed by atoms with Gasteiger partial charge in [-0.2, -0.15) is 23.8 Å². The monoisotopic (exact) mass is 2360 g/mol. The molecule has 1 aliphatic rings. The van der Waals surface area contributed by atoms with E-state index in [2.05, 4.69) is 254 Å². The van der Waals surface area contributed by atoms with Crippen LogP contribution in [0.2, 0.25) is 0 Å². The second kappa shape index (κ2) is 44.3. The van der Waals surface area contributed by atoms with Crippen LogP contribution in [0, 0.1) is 49.1 Å². The molecule has 7 radical (unpaired) electrons. The number of aromatic nitrogens is 13. The Labute approximate surface area is 602 Å². The molecule has 0 saturated heterocycles. The number of H-pyrrole nitrogens is 3. The van der Waals surface area contributed by atoms with Gasteiger partial charge in [-0.1, -0.05) is 231 Å². The van der Waals surface area contributed by atoms with E-state index in [-0.39, 0.29) is 198 Å². The zero-order valence-electron chi connectivity index (χ0n) is 53.6. The van der Waals surface area contributed by atoms with E-state index in [9.17, 15) is 4.79 Å². The van der Waals surface area contributed by atoms with Gasteiger partial charge in [0.15, 0.2) is 0 Å². The van der Waals surface area contributed by atoms with Gasteiger partial charge in [-0.05, 0) is 40.4 Å². The van der Waals surface area contributed by atoms with Crippen molar-refractivity contribution in [2.45, 2.75) is 210 Å². The molecule has 1 aliphatic heterocycles. The van der Waals surface area contributed by atoms with Crippen molar-refractivity contribution in [2.24, 2.45) is 5.41 Å². The van der Waals surface area contributed by atoms with Gasteiger partial charge in [-0.3, -0.25) is 0 Å². The van der Waals surface area contributed by atoms with E-state index in [0.29, 0.717) is 0 Å². The van der Waals surface area contributed by atoms with Crippen molar-refractivity contribution in [3.05, 3.63) is 169 Å². The summed E-state index contributed by atoms with van der Waals surface area (Å²) in [6.07, 6.45) is 32.8. The zero-order valence-corrected chi connectivity index (χ0v) is 72.6. The Hall–Kier alpha value is -2.13. The number of nitrogens with one attached hydrogen (secondary N) is 3. The predicted octanol–water partition coefficient (Wildman–Crippen LogP) is 12.9. The number of pyridine rings is 1. The number of ether oxygens (including phenoxy) is 1. The molecule has 0 aliphatic carbocycles. The van der Waals surface area contributed by atoms with Crippen LogP contribution in [0.5, 0.6) is 0 Å². The van der Waals surface area contributed by atoms with Crippen LogP contribution in [-0.4, -0.2) is 77.3 Å². The maximum Gasteiger partial charge on any atom is 0.331 e. The van der Waals surface area contributed by atoms with Crippen LogP contribution in [0.3, 0.4) is 0 Å². The van der Waals surface area contributed by atoms with Gasteiger partial charge in [0, 0.05) is 167 Å². The Kier molecular flexibility index (Phi) is 50.4. The van der Waals surface area contributed by atoms with Crippen LogP contribution in [0.25, 0.3) is 0 Å². The Morgan fingerprint density at radius 2 is 1.08 bits per heavy atom. The first-order valence-corrected chi connectivity index (χ1v) is 25.8. The molecule has 8 rings (SSSR count). The molecule has 0 saturated carbocycles. The van der Waals surface area contributed by atoms with E-state index >= 15 is 0 Å². The van der Waals surface area contributed by atoms with E-state index < -0.39 is 0 Å². The second-order valence-corrected chi connectivity index (χ2v) is 26.3. The Morgan fingerprint density at radius 1 is 0.512 bits per heavy atom. The fourth-order valence-corrected chi connectivity index (χ4v) is 5.41. The number of nitrogens with zero attached hydrogens (tertiary/aromatic N) is 10. The number of cyclic esters (lactones) is 1. The van der Waals surface area contributed by atoms with Gasteiger partial charge >= 0.3 is 5.97 Å². The Morgan fingerprint density at radius 3 is 1.32 bits per heavy atom. The standard InChI is InChI=1S/C9H12N.3C8H11N2.C8H12O2.3C7H11N2.7Re/c1-9(2,3)8-4-6-10-7-5-8;2*1-8(2,3)7-4-5-9-6-10-7;1-8(2,3)7-9-5-4-6-10-7;1-8(2,3)6-4-5-7(9)10-6;1-7(2,3)6-4-8-5-9-6;1-7(2,3)6-4-8-9-5-6;1-7(2,3)6-4-5-8-9-6;;;;;;;/h4-6H,1-3H3;4,6H,1-3H3;2*4-5H,1-3H3;4-6H,1-3H3;3*4H,1-3H3,(H,8,9);;;;;;;/q4*-1;;3*-1;;;;;;;. The average molecular weight is 2350 g/mol. The molecule has 471 valence electrons. The van der Waals surface area contributed by atoms with E-state index in [4.69, 9.17) is 4.74 Å². The van der Waals surface area contributed by atoms with E-state index in [1.807, 2.05) is 63.4 Å². The van der Waals surface area contributed by atoms with Crippen molar-refractivity contribution in [3.63, 3.8) is 0 Å². The number of carbonyl (C=O) groups excluding carboxylic acids is 1. The molecular weight excluding hydrogens is 2260 g/mol. The molecule has 0 amide bonds. The van der Waals surface area contributed by atoms with E-state index in [1.165, 1.54) is 18.0 Å². The SMILES string of the molecule is CC(C)(C)C1C=CC(=O)O1.CC(C)(C)c1[c-]n[nH]c1.CC(C)(C)c1c[c-]n[nH]1.CC(C)(C)c1c[c-]ncc1.CC(C)(C)c1c[c-]ncn1.CC(C)(C)c1ccn[c-]n1.CC(C)(C)c1cn[c-][nH]1.CC(C)(C)c1n[c-]ccn1.[Re].[Re].[Re].[Re].[Re].[Re].[Re]. The number of rotatable bonds is 0. The number of hydrogen-bond acceptors (Lipinski definition) is 12. The maximum atomic E-state index is 10.6. The third-order valence-corrected chi connectivity index (χ3v) is 10.6. The topological polar surface area (TPSA) is 203 Å². The number of esters is 1. The minimum atomic E-state index is -0.222. The van der Waals surface area contributed by atoms with Crippen molar-refractivity contribution in [3.8, 4) is 0 Å². The summed E-state index contributed by atoms with van der Waals surface area (Å²) in [6.45, 7) is 50.8. The third kappa shape index (κ3) is 42.7. The molecule has 22 heteroatoms. The largest absolute Gasteiger partial charge is 0.464 e. The molecule has 1 atom stereocenters. The van der Waals surface area contributed by atoms with Crippen LogP contribution in [0.15, 0.2) is 85.9 Å². The smallest absolute Gasteiger partial charge is 0.331 e. The summed E-state index contributed by atoms with van der Waals surface area (Å²) < 4.78 is 4.98. The molecule has 1 unspecified atom stereocenters. The number of imidazole rings is 1. The fourth-order valence-electron chi connectivity index (χ4n) is 5.41. The van der Waals surface area contributed by atoms with Gasteiger partial charge in [0.1, 0.15) is 6.10 Å². The predicted molar refractivity (Wildman–Crippen MR) is 307 cm³/mol. The molecule has 15 nitrogen and oxygen atoms in total. The number of aromatic amines is 3. The van der Waals surface area contributed by atoms with Crippen LogP contribution >= 0.6 is 0 Å². The normalized spacial score (nSPS) is 12.3. The molecular formula is C62H90N13O2Re7-7. The van der Waals surface area contributed by atoms with Crippen molar-refractivity contribution >= 4 is 5.97 Å².